The van der Waals surface area contributed by atoms with Gasteiger partial charge in [-0.3, -0.25) is 4.79 Å². The summed E-state index contributed by atoms with van der Waals surface area (Å²) in [7, 11) is 0. The number of carbonyl (C=O) groups excluding carboxylic acids is 2. The molecule has 0 bridgehead atoms. The van der Waals surface area contributed by atoms with Crippen molar-refractivity contribution in [1.29, 1.82) is 0 Å². The number of ether oxygens (including phenoxy) is 1. The molecular formula is C17H19N5O3S. The number of anilines is 1. The molecule has 3 aromatic heterocycles. The lowest BCUT2D eigenvalue weighted by Gasteiger charge is -2.05. The second-order valence-corrected chi connectivity index (χ2v) is 7.07. The zero-order valence-corrected chi connectivity index (χ0v) is 16.0. The van der Waals surface area contributed by atoms with Crippen LogP contribution in [0.3, 0.4) is 0 Å². The minimum atomic E-state index is -0.501. The van der Waals surface area contributed by atoms with Crippen LogP contribution in [0.15, 0.2) is 6.07 Å². The third-order valence-corrected chi connectivity index (χ3v) is 5.04. The highest BCUT2D eigenvalue weighted by Crippen LogP contribution is 2.33. The monoisotopic (exact) mass is 373 g/mol. The number of carbonyl (C=O) groups is 2. The summed E-state index contributed by atoms with van der Waals surface area (Å²) in [5, 5.41) is 7.38. The van der Waals surface area contributed by atoms with E-state index in [1.807, 2.05) is 33.8 Å². The summed E-state index contributed by atoms with van der Waals surface area (Å²) in [5.74, 6) is -0.610. The molecule has 0 aliphatic rings. The van der Waals surface area contributed by atoms with Gasteiger partial charge in [-0.25, -0.2) is 14.3 Å². The molecule has 0 radical (unpaired) electrons. The molecule has 3 heterocycles. The van der Waals surface area contributed by atoms with E-state index in [1.165, 1.54) is 15.9 Å². The van der Waals surface area contributed by atoms with Gasteiger partial charge in [-0.2, -0.15) is 4.98 Å². The van der Waals surface area contributed by atoms with Crippen LogP contribution in [-0.2, 0) is 4.74 Å². The molecule has 1 N–H and O–H groups in total. The van der Waals surface area contributed by atoms with Crippen LogP contribution in [0.4, 0.5) is 5.00 Å². The van der Waals surface area contributed by atoms with Crippen LogP contribution in [0.1, 0.15) is 49.7 Å². The van der Waals surface area contributed by atoms with Crippen LogP contribution in [-0.4, -0.2) is 38.1 Å². The Hall–Kier alpha value is -2.81. The van der Waals surface area contributed by atoms with E-state index >= 15 is 0 Å². The van der Waals surface area contributed by atoms with Crippen molar-refractivity contribution in [2.24, 2.45) is 0 Å². The average molecular weight is 373 g/mol. The molecule has 9 heteroatoms. The Kier molecular flexibility index (Phi) is 4.73. The fourth-order valence-corrected chi connectivity index (χ4v) is 3.63. The predicted octanol–water partition coefficient (Wildman–Crippen LogP) is 2.85. The summed E-state index contributed by atoms with van der Waals surface area (Å²) in [6, 6.07) is 1.86. The van der Waals surface area contributed by atoms with E-state index in [4.69, 9.17) is 4.74 Å². The van der Waals surface area contributed by atoms with E-state index in [1.54, 1.807) is 6.92 Å². The van der Waals surface area contributed by atoms with Gasteiger partial charge < -0.3 is 10.1 Å². The maximum atomic E-state index is 12.6. The van der Waals surface area contributed by atoms with Crippen LogP contribution >= 0.6 is 11.3 Å². The minimum Gasteiger partial charge on any atom is -0.462 e. The third kappa shape index (κ3) is 3.17. The number of rotatable bonds is 4. The molecule has 0 fully saturated rings. The van der Waals surface area contributed by atoms with Crippen molar-refractivity contribution < 1.29 is 14.3 Å². The number of amides is 1. The van der Waals surface area contributed by atoms with E-state index in [0.717, 1.165) is 21.8 Å². The molecule has 1 amide bonds. The zero-order chi connectivity index (χ0) is 19.0. The fraction of sp³-hybridized carbons (Fsp3) is 0.353. The molecule has 26 heavy (non-hydrogen) atoms. The first-order valence-electron chi connectivity index (χ1n) is 8.11. The smallest absolute Gasteiger partial charge is 0.341 e. The summed E-state index contributed by atoms with van der Waals surface area (Å²) in [6.07, 6.45) is 0. The lowest BCUT2D eigenvalue weighted by Crippen LogP contribution is -2.16. The highest BCUT2D eigenvalue weighted by Gasteiger charge is 2.24. The largest absolute Gasteiger partial charge is 0.462 e. The molecule has 0 spiro atoms. The standard InChI is InChI=1S/C17H19N5O3S/c1-6-25-16(24)12-10(4)11(5)26-15(12)20-14(23)13-19-17-18-8(2)7-9(3)22(17)21-13/h7H,6H2,1-5H3,(H,20,23). The molecule has 3 aromatic rings. The van der Waals surface area contributed by atoms with Crippen LogP contribution in [0.25, 0.3) is 5.78 Å². The van der Waals surface area contributed by atoms with Gasteiger partial charge in [0.15, 0.2) is 0 Å². The maximum Gasteiger partial charge on any atom is 0.341 e. The van der Waals surface area contributed by atoms with Crippen molar-refractivity contribution in [3.05, 3.63) is 39.3 Å². The second-order valence-electron chi connectivity index (χ2n) is 5.85. The van der Waals surface area contributed by atoms with E-state index in [-0.39, 0.29) is 12.4 Å². The Balaban J connectivity index is 1.95. The number of hydrogen-bond acceptors (Lipinski definition) is 7. The SMILES string of the molecule is CCOC(=O)c1c(NC(=O)c2nc3nc(C)cc(C)n3n2)sc(C)c1C. The average Bonchev–Trinajstić information content (AvgIpc) is 3.10. The molecule has 0 unspecified atom stereocenters. The molecular weight excluding hydrogens is 354 g/mol. The van der Waals surface area contributed by atoms with Gasteiger partial charge in [0.25, 0.3) is 11.7 Å². The highest BCUT2D eigenvalue weighted by molar-refractivity contribution is 7.16. The van der Waals surface area contributed by atoms with Gasteiger partial charge >= 0.3 is 5.97 Å². The number of nitrogens with zero attached hydrogens (tertiary/aromatic N) is 4. The first-order valence-corrected chi connectivity index (χ1v) is 8.93. The van der Waals surface area contributed by atoms with Crippen molar-refractivity contribution in [2.75, 3.05) is 11.9 Å². The number of aryl methyl sites for hydroxylation is 3. The molecule has 3 rings (SSSR count). The minimum absolute atomic E-state index is 0.00952. The predicted molar refractivity (Wildman–Crippen MR) is 98.0 cm³/mol. The summed E-state index contributed by atoms with van der Waals surface area (Å²) >= 11 is 1.32. The topological polar surface area (TPSA) is 98.5 Å². The number of hydrogen-bond donors (Lipinski definition) is 1. The molecule has 0 atom stereocenters. The lowest BCUT2D eigenvalue weighted by atomic mass is 10.1. The van der Waals surface area contributed by atoms with E-state index in [0.29, 0.717) is 16.3 Å². The molecule has 8 nitrogen and oxygen atoms in total. The van der Waals surface area contributed by atoms with Gasteiger partial charge in [0.05, 0.1) is 12.2 Å². The molecule has 0 aromatic carbocycles. The highest BCUT2D eigenvalue weighted by atomic mass is 32.1. The van der Waals surface area contributed by atoms with Crippen molar-refractivity contribution in [3.8, 4) is 0 Å². The summed E-state index contributed by atoms with van der Waals surface area (Å²) in [4.78, 5) is 34.2. The van der Waals surface area contributed by atoms with Crippen LogP contribution in [0, 0.1) is 27.7 Å². The Labute approximate surface area is 154 Å². The fourth-order valence-electron chi connectivity index (χ4n) is 2.59. The summed E-state index contributed by atoms with van der Waals surface area (Å²) < 4.78 is 6.61. The molecule has 136 valence electrons. The Morgan fingerprint density at radius 2 is 1.96 bits per heavy atom. The van der Waals surface area contributed by atoms with E-state index < -0.39 is 11.9 Å². The van der Waals surface area contributed by atoms with E-state index in [2.05, 4.69) is 20.4 Å². The Morgan fingerprint density at radius 3 is 2.65 bits per heavy atom. The maximum absolute atomic E-state index is 12.6. The summed E-state index contributed by atoms with van der Waals surface area (Å²) in [5.41, 5.74) is 2.79. The first kappa shape index (κ1) is 18.0. The van der Waals surface area contributed by atoms with Gasteiger partial charge in [0, 0.05) is 16.3 Å². The van der Waals surface area contributed by atoms with Gasteiger partial charge in [-0.05, 0) is 46.2 Å². The number of thiophene rings is 1. The van der Waals surface area contributed by atoms with Crippen LogP contribution in [0.2, 0.25) is 0 Å². The van der Waals surface area contributed by atoms with Crippen molar-refractivity contribution in [1.82, 2.24) is 19.6 Å². The quantitative estimate of drug-likeness (QED) is 0.706. The van der Waals surface area contributed by atoms with Crippen molar-refractivity contribution in [2.45, 2.75) is 34.6 Å². The van der Waals surface area contributed by atoms with Gasteiger partial charge in [-0.15, -0.1) is 16.4 Å². The number of nitrogens with one attached hydrogen (secondary N) is 1. The Morgan fingerprint density at radius 1 is 1.23 bits per heavy atom. The Bertz CT molecular complexity index is 1020. The molecule has 0 aliphatic heterocycles. The van der Waals surface area contributed by atoms with E-state index in [9.17, 15) is 9.59 Å². The van der Waals surface area contributed by atoms with Crippen molar-refractivity contribution in [3.63, 3.8) is 0 Å². The normalized spacial score (nSPS) is 11.0. The summed E-state index contributed by atoms with van der Waals surface area (Å²) in [6.45, 7) is 9.43. The lowest BCUT2D eigenvalue weighted by molar-refractivity contribution is 0.0527. The van der Waals surface area contributed by atoms with Crippen LogP contribution in [0.5, 0.6) is 0 Å². The molecule has 0 aliphatic carbocycles. The zero-order valence-electron chi connectivity index (χ0n) is 15.2. The van der Waals surface area contributed by atoms with Gasteiger partial charge in [0.1, 0.15) is 5.00 Å². The number of fused-ring (bicyclic) bond motifs is 1. The number of esters is 1. The van der Waals surface area contributed by atoms with Crippen molar-refractivity contribution >= 4 is 34.0 Å². The molecule has 0 saturated carbocycles. The number of aromatic nitrogens is 4. The molecule has 0 saturated heterocycles. The third-order valence-electron chi connectivity index (χ3n) is 3.91. The second kappa shape index (κ2) is 6.83. The van der Waals surface area contributed by atoms with Gasteiger partial charge in [0.2, 0.25) is 5.82 Å². The van der Waals surface area contributed by atoms with Crippen LogP contribution < -0.4 is 5.32 Å². The first-order chi connectivity index (χ1) is 12.3. The van der Waals surface area contributed by atoms with Gasteiger partial charge in [-0.1, -0.05) is 0 Å².